The molecule has 0 saturated carbocycles. The molecule has 2 aromatic rings. The molecule has 0 fully saturated rings. The zero-order valence-electron chi connectivity index (χ0n) is 12.1. The fourth-order valence-corrected chi connectivity index (χ4v) is 2.60. The second-order valence-electron chi connectivity index (χ2n) is 4.94. The Labute approximate surface area is 133 Å². The quantitative estimate of drug-likeness (QED) is 0.829. The molecule has 21 heavy (non-hydrogen) atoms. The van der Waals surface area contributed by atoms with Crippen LogP contribution in [-0.2, 0) is 6.54 Å². The molecular weight excluding hydrogens is 328 g/mol. The van der Waals surface area contributed by atoms with Crippen LogP contribution in [0.15, 0.2) is 53.0 Å². The highest BCUT2D eigenvalue weighted by Crippen LogP contribution is 2.21. The van der Waals surface area contributed by atoms with Crippen molar-refractivity contribution < 1.29 is 4.79 Å². The molecule has 0 aliphatic rings. The van der Waals surface area contributed by atoms with Crippen LogP contribution in [0.4, 0.5) is 5.69 Å². The summed E-state index contributed by atoms with van der Waals surface area (Å²) < 4.78 is 0.877. The summed E-state index contributed by atoms with van der Waals surface area (Å²) in [6.07, 6.45) is 0.912. The Morgan fingerprint density at radius 3 is 2.52 bits per heavy atom. The Hall–Kier alpha value is -1.81. The van der Waals surface area contributed by atoms with Crippen LogP contribution in [0.5, 0.6) is 0 Å². The minimum absolute atomic E-state index is 0.0225. The molecule has 0 aliphatic heterocycles. The number of nitrogens with two attached hydrogens (primary N) is 1. The average Bonchev–Trinajstić information content (AvgIpc) is 2.47. The summed E-state index contributed by atoms with van der Waals surface area (Å²) in [5, 5.41) is 0. The maximum Gasteiger partial charge on any atom is 0.256 e. The van der Waals surface area contributed by atoms with Crippen molar-refractivity contribution in [2.45, 2.75) is 19.9 Å². The van der Waals surface area contributed by atoms with E-state index in [9.17, 15) is 4.79 Å². The molecule has 4 heteroatoms. The lowest BCUT2D eigenvalue weighted by Crippen LogP contribution is -2.31. The van der Waals surface area contributed by atoms with Crippen LogP contribution < -0.4 is 5.73 Å². The summed E-state index contributed by atoms with van der Waals surface area (Å²) in [7, 11) is 0. The highest BCUT2D eigenvalue weighted by Gasteiger charge is 2.17. The first-order valence-electron chi connectivity index (χ1n) is 7.00. The SMILES string of the molecule is CCCN(Cc1ccccc1)C(=O)c1ccc(Br)cc1N. The summed E-state index contributed by atoms with van der Waals surface area (Å²) in [5.74, 6) is -0.0225. The standard InChI is InChI=1S/C17H19BrN2O/c1-2-10-20(12-13-6-4-3-5-7-13)17(21)15-9-8-14(18)11-16(15)19/h3-9,11H,2,10,12,19H2,1H3. The minimum atomic E-state index is -0.0225. The number of amides is 1. The van der Waals surface area contributed by atoms with Crippen LogP contribution in [0.1, 0.15) is 29.3 Å². The van der Waals surface area contributed by atoms with Gasteiger partial charge in [-0.05, 0) is 30.2 Å². The highest BCUT2D eigenvalue weighted by molar-refractivity contribution is 9.10. The molecule has 0 aromatic heterocycles. The average molecular weight is 347 g/mol. The Bertz CT molecular complexity index is 613. The molecule has 0 heterocycles. The van der Waals surface area contributed by atoms with Gasteiger partial charge in [-0.3, -0.25) is 4.79 Å². The molecule has 0 unspecified atom stereocenters. The fourth-order valence-electron chi connectivity index (χ4n) is 2.22. The van der Waals surface area contributed by atoms with E-state index in [1.54, 1.807) is 12.1 Å². The molecule has 0 atom stereocenters. The molecular formula is C17H19BrN2O. The second kappa shape index (κ2) is 7.27. The summed E-state index contributed by atoms with van der Waals surface area (Å²) in [4.78, 5) is 14.5. The van der Waals surface area contributed by atoms with Crippen LogP contribution in [0.25, 0.3) is 0 Å². The summed E-state index contributed by atoms with van der Waals surface area (Å²) in [5.41, 5.74) is 8.15. The van der Waals surface area contributed by atoms with E-state index in [1.165, 1.54) is 0 Å². The number of anilines is 1. The van der Waals surface area contributed by atoms with E-state index < -0.39 is 0 Å². The van der Waals surface area contributed by atoms with E-state index in [1.807, 2.05) is 41.3 Å². The number of rotatable bonds is 5. The largest absolute Gasteiger partial charge is 0.398 e. The van der Waals surface area contributed by atoms with E-state index in [-0.39, 0.29) is 5.91 Å². The third-order valence-electron chi connectivity index (χ3n) is 3.24. The molecule has 0 spiro atoms. The van der Waals surface area contributed by atoms with Gasteiger partial charge < -0.3 is 10.6 Å². The Morgan fingerprint density at radius 1 is 1.19 bits per heavy atom. The predicted octanol–water partition coefficient (Wildman–Crippen LogP) is 4.08. The molecule has 110 valence electrons. The van der Waals surface area contributed by atoms with Crippen molar-refractivity contribution in [1.29, 1.82) is 0 Å². The highest BCUT2D eigenvalue weighted by atomic mass is 79.9. The summed E-state index contributed by atoms with van der Waals surface area (Å²) in [6, 6.07) is 15.4. The van der Waals surface area contributed by atoms with Crippen LogP contribution >= 0.6 is 15.9 Å². The number of hydrogen-bond acceptors (Lipinski definition) is 2. The smallest absolute Gasteiger partial charge is 0.256 e. The van der Waals surface area contributed by atoms with E-state index in [0.29, 0.717) is 24.3 Å². The fraction of sp³-hybridized carbons (Fsp3) is 0.235. The van der Waals surface area contributed by atoms with E-state index in [4.69, 9.17) is 5.73 Å². The zero-order valence-corrected chi connectivity index (χ0v) is 13.6. The van der Waals surface area contributed by atoms with Gasteiger partial charge in [0.05, 0.1) is 5.56 Å². The lowest BCUT2D eigenvalue weighted by atomic mass is 10.1. The topological polar surface area (TPSA) is 46.3 Å². The maximum absolute atomic E-state index is 12.7. The van der Waals surface area contributed by atoms with Gasteiger partial charge in [-0.1, -0.05) is 53.2 Å². The molecule has 0 radical (unpaired) electrons. The van der Waals surface area contributed by atoms with Gasteiger partial charge in [0.25, 0.3) is 5.91 Å². The lowest BCUT2D eigenvalue weighted by molar-refractivity contribution is 0.0744. The van der Waals surface area contributed by atoms with Crippen LogP contribution in [-0.4, -0.2) is 17.4 Å². The van der Waals surface area contributed by atoms with Gasteiger partial charge in [0.15, 0.2) is 0 Å². The van der Waals surface area contributed by atoms with E-state index in [0.717, 1.165) is 16.5 Å². The van der Waals surface area contributed by atoms with Crippen molar-refractivity contribution in [3.63, 3.8) is 0 Å². The summed E-state index contributed by atoms with van der Waals surface area (Å²) >= 11 is 3.36. The minimum Gasteiger partial charge on any atom is -0.398 e. The number of hydrogen-bond donors (Lipinski definition) is 1. The van der Waals surface area contributed by atoms with Crippen molar-refractivity contribution in [1.82, 2.24) is 4.90 Å². The molecule has 2 rings (SSSR count). The van der Waals surface area contributed by atoms with E-state index >= 15 is 0 Å². The van der Waals surface area contributed by atoms with Gasteiger partial charge >= 0.3 is 0 Å². The molecule has 1 amide bonds. The third kappa shape index (κ3) is 4.08. The Balaban J connectivity index is 2.23. The van der Waals surface area contributed by atoms with Crippen LogP contribution in [0.2, 0.25) is 0 Å². The van der Waals surface area contributed by atoms with Crippen molar-refractivity contribution >= 4 is 27.5 Å². The summed E-state index contributed by atoms with van der Waals surface area (Å²) in [6.45, 7) is 3.38. The first kappa shape index (κ1) is 15.6. The molecule has 2 aromatic carbocycles. The number of carbonyl (C=O) groups excluding carboxylic acids is 1. The van der Waals surface area contributed by atoms with Gasteiger partial charge in [-0.15, -0.1) is 0 Å². The number of halogens is 1. The van der Waals surface area contributed by atoms with Gasteiger partial charge in [0.2, 0.25) is 0 Å². The maximum atomic E-state index is 12.7. The van der Waals surface area contributed by atoms with Crippen molar-refractivity contribution in [3.8, 4) is 0 Å². The van der Waals surface area contributed by atoms with Gasteiger partial charge in [-0.25, -0.2) is 0 Å². The first-order chi connectivity index (χ1) is 10.1. The van der Waals surface area contributed by atoms with Crippen molar-refractivity contribution in [2.75, 3.05) is 12.3 Å². The number of carbonyl (C=O) groups is 1. The van der Waals surface area contributed by atoms with Crippen molar-refractivity contribution in [3.05, 3.63) is 64.1 Å². The van der Waals surface area contributed by atoms with Crippen LogP contribution in [0.3, 0.4) is 0 Å². The second-order valence-corrected chi connectivity index (χ2v) is 5.86. The van der Waals surface area contributed by atoms with Crippen molar-refractivity contribution in [2.24, 2.45) is 0 Å². The van der Waals surface area contributed by atoms with Gasteiger partial charge in [-0.2, -0.15) is 0 Å². The zero-order chi connectivity index (χ0) is 15.2. The number of nitrogen functional groups attached to an aromatic ring is 1. The van der Waals surface area contributed by atoms with Crippen LogP contribution in [0, 0.1) is 0 Å². The van der Waals surface area contributed by atoms with Gasteiger partial charge in [0.1, 0.15) is 0 Å². The molecule has 0 aliphatic carbocycles. The first-order valence-corrected chi connectivity index (χ1v) is 7.79. The normalized spacial score (nSPS) is 10.4. The number of nitrogens with zero attached hydrogens (tertiary/aromatic N) is 1. The number of benzene rings is 2. The Kier molecular flexibility index (Phi) is 5.39. The molecule has 0 saturated heterocycles. The molecule has 3 nitrogen and oxygen atoms in total. The van der Waals surface area contributed by atoms with E-state index in [2.05, 4.69) is 22.9 Å². The van der Waals surface area contributed by atoms with Gasteiger partial charge in [0, 0.05) is 23.2 Å². The Morgan fingerprint density at radius 2 is 1.90 bits per heavy atom. The monoisotopic (exact) mass is 346 g/mol. The molecule has 0 bridgehead atoms. The third-order valence-corrected chi connectivity index (χ3v) is 3.73. The molecule has 2 N–H and O–H groups in total. The predicted molar refractivity (Wildman–Crippen MR) is 90.0 cm³/mol. The lowest BCUT2D eigenvalue weighted by Gasteiger charge is -2.23.